The lowest BCUT2D eigenvalue weighted by molar-refractivity contribution is -0.133. The normalized spacial score (nSPS) is 15.0. The van der Waals surface area contributed by atoms with Crippen molar-refractivity contribution >= 4 is 51.7 Å². The van der Waals surface area contributed by atoms with Gasteiger partial charge in [0.25, 0.3) is 11.8 Å². The number of ether oxygens (including phenoxy) is 1. The summed E-state index contributed by atoms with van der Waals surface area (Å²) in [5.41, 5.74) is 0.505. The number of carbonyl (C=O) groups is 3. The van der Waals surface area contributed by atoms with Crippen LogP contribution in [-0.2, 0) is 14.3 Å². The molecule has 0 saturated heterocycles. The average Bonchev–Trinajstić information content (AvgIpc) is 3.18. The van der Waals surface area contributed by atoms with Gasteiger partial charge in [0, 0.05) is 9.75 Å². The molecule has 1 aliphatic heterocycles. The summed E-state index contributed by atoms with van der Waals surface area (Å²) in [7, 11) is 1.14. The van der Waals surface area contributed by atoms with E-state index in [2.05, 4.69) is 4.74 Å². The van der Waals surface area contributed by atoms with E-state index >= 15 is 0 Å². The van der Waals surface area contributed by atoms with E-state index in [0.29, 0.717) is 14.7 Å². The second-order valence-corrected chi connectivity index (χ2v) is 6.02. The number of hydrogen-bond donors (Lipinski definition) is 0. The molecule has 5 nitrogen and oxygen atoms in total. The molecular formula is C14H9NO4S2. The highest BCUT2D eigenvalue weighted by atomic mass is 32.1. The maximum Gasteiger partial charge on any atom is 0.423 e. The summed E-state index contributed by atoms with van der Waals surface area (Å²) < 4.78 is 4.53. The molecule has 3 rings (SSSR count). The minimum Gasteiger partial charge on any atom is -0.452 e. The van der Waals surface area contributed by atoms with Crippen LogP contribution in [0, 0.1) is 0 Å². The molecule has 3 amide bonds. The molecule has 0 fully saturated rings. The van der Waals surface area contributed by atoms with Crippen molar-refractivity contribution < 1.29 is 19.1 Å². The van der Waals surface area contributed by atoms with Gasteiger partial charge >= 0.3 is 6.09 Å². The molecule has 106 valence electrons. The topological polar surface area (TPSA) is 63.7 Å². The molecule has 0 saturated carbocycles. The second kappa shape index (κ2) is 5.27. The summed E-state index contributed by atoms with van der Waals surface area (Å²) in [6.07, 6.45) is -0.967. The van der Waals surface area contributed by atoms with Crippen molar-refractivity contribution in [3.05, 3.63) is 44.8 Å². The fourth-order valence-corrected chi connectivity index (χ4v) is 3.62. The van der Waals surface area contributed by atoms with E-state index in [0.717, 1.165) is 7.11 Å². The van der Waals surface area contributed by atoms with E-state index in [1.54, 1.807) is 24.3 Å². The van der Waals surface area contributed by atoms with Crippen LogP contribution in [0.4, 0.5) is 4.79 Å². The molecule has 0 N–H and O–H groups in total. The fourth-order valence-electron chi connectivity index (χ4n) is 2.09. The van der Waals surface area contributed by atoms with Crippen LogP contribution < -0.4 is 0 Å². The third-order valence-electron chi connectivity index (χ3n) is 2.98. The van der Waals surface area contributed by atoms with Gasteiger partial charge in [-0.1, -0.05) is 12.1 Å². The lowest BCUT2D eigenvalue weighted by atomic mass is 10.1. The van der Waals surface area contributed by atoms with Crippen molar-refractivity contribution in [3.63, 3.8) is 0 Å². The van der Waals surface area contributed by atoms with Gasteiger partial charge in [-0.25, -0.2) is 4.79 Å². The number of rotatable bonds is 2. The standard InChI is InChI=1S/C14H9NO4S2/c1-19-14(18)15-12(16)10(8-4-2-6-20-8)11(13(15)17)9-5-3-7-21-9/h2-7H,1H3. The minimum absolute atomic E-state index is 0.253. The van der Waals surface area contributed by atoms with E-state index in [4.69, 9.17) is 0 Å². The molecule has 0 bridgehead atoms. The summed E-state index contributed by atoms with van der Waals surface area (Å²) in [5, 5.41) is 3.62. The zero-order valence-electron chi connectivity index (χ0n) is 10.9. The van der Waals surface area contributed by atoms with Crippen molar-refractivity contribution in [1.82, 2.24) is 4.90 Å². The van der Waals surface area contributed by atoms with Crippen molar-refractivity contribution in [2.75, 3.05) is 7.11 Å². The van der Waals surface area contributed by atoms with Gasteiger partial charge in [0.1, 0.15) is 0 Å². The first-order valence-electron chi connectivity index (χ1n) is 5.94. The molecule has 0 atom stereocenters. The van der Waals surface area contributed by atoms with Crippen LogP contribution in [0.1, 0.15) is 9.75 Å². The van der Waals surface area contributed by atoms with Gasteiger partial charge < -0.3 is 4.74 Å². The van der Waals surface area contributed by atoms with Crippen LogP contribution >= 0.6 is 22.7 Å². The van der Waals surface area contributed by atoms with E-state index in [9.17, 15) is 14.4 Å². The number of nitrogens with zero attached hydrogens (tertiary/aromatic N) is 1. The molecule has 0 aliphatic carbocycles. The van der Waals surface area contributed by atoms with Gasteiger partial charge in [0.15, 0.2) is 0 Å². The predicted molar refractivity (Wildman–Crippen MR) is 79.7 cm³/mol. The SMILES string of the molecule is COC(=O)N1C(=O)C(c2cccs2)=C(c2cccs2)C1=O. The number of hydrogen-bond acceptors (Lipinski definition) is 6. The summed E-state index contributed by atoms with van der Waals surface area (Å²) in [4.78, 5) is 38.5. The van der Waals surface area contributed by atoms with Gasteiger partial charge in [0.05, 0.1) is 18.3 Å². The number of thiophene rings is 2. The Morgan fingerprint density at radius 1 is 1.00 bits per heavy atom. The molecule has 2 aromatic heterocycles. The quantitative estimate of drug-likeness (QED) is 0.799. The van der Waals surface area contributed by atoms with Crippen LogP contribution in [0.25, 0.3) is 11.1 Å². The Kier molecular flexibility index (Phi) is 3.44. The van der Waals surface area contributed by atoms with Crippen LogP contribution in [0.2, 0.25) is 0 Å². The van der Waals surface area contributed by atoms with E-state index in [-0.39, 0.29) is 11.1 Å². The molecular weight excluding hydrogens is 310 g/mol. The fraction of sp³-hybridized carbons (Fsp3) is 0.0714. The monoisotopic (exact) mass is 319 g/mol. The first kappa shape index (κ1) is 13.7. The number of imide groups is 3. The van der Waals surface area contributed by atoms with Gasteiger partial charge in [-0.15, -0.1) is 22.7 Å². The highest BCUT2D eigenvalue weighted by molar-refractivity contribution is 7.13. The summed E-state index contributed by atoms with van der Waals surface area (Å²) in [6.45, 7) is 0. The van der Waals surface area contributed by atoms with Crippen molar-refractivity contribution in [3.8, 4) is 0 Å². The molecule has 1 aliphatic rings. The van der Waals surface area contributed by atoms with Gasteiger partial charge in [-0.2, -0.15) is 4.90 Å². The van der Waals surface area contributed by atoms with Crippen LogP contribution in [0.15, 0.2) is 35.0 Å². The third kappa shape index (κ3) is 2.10. The lowest BCUT2D eigenvalue weighted by Crippen LogP contribution is -2.37. The van der Waals surface area contributed by atoms with Crippen LogP contribution in [0.5, 0.6) is 0 Å². The first-order valence-corrected chi connectivity index (χ1v) is 7.70. The molecule has 0 spiro atoms. The van der Waals surface area contributed by atoms with Crippen LogP contribution in [0.3, 0.4) is 0 Å². The number of methoxy groups -OCH3 is 1. The predicted octanol–water partition coefficient (Wildman–Crippen LogP) is 2.86. The third-order valence-corrected chi connectivity index (χ3v) is 4.75. The lowest BCUT2D eigenvalue weighted by Gasteiger charge is -2.10. The van der Waals surface area contributed by atoms with Crippen molar-refractivity contribution in [2.45, 2.75) is 0 Å². The maximum atomic E-state index is 12.5. The largest absolute Gasteiger partial charge is 0.452 e. The molecule has 7 heteroatoms. The smallest absolute Gasteiger partial charge is 0.423 e. The zero-order chi connectivity index (χ0) is 15.0. The zero-order valence-corrected chi connectivity index (χ0v) is 12.5. The van der Waals surface area contributed by atoms with Crippen molar-refractivity contribution in [2.24, 2.45) is 0 Å². The van der Waals surface area contributed by atoms with Gasteiger partial charge in [0.2, 0.25) is 0 Å². The van der Waals surface area contributed by atoms with E-state index in [1.807, 2.05) is 10.8 Å². The Balaban J connectivity index is 2.20. The Morgan fingerprint density at radius 3 is 1.81 bits per heavy atom. The molecule has 21 heavy (non-hydrogen) atoms. The van der Waals surface area contributed by atoms with E-state index < -0.39 is 17.9 Å². The Bertz CT molecular complexity index is 688. The summed E-state index contributed by atoms with van der Waals surface area (Å²) in [6, 6.07) is 7.08. The van der Waals surface area contributed by atoms with Gasteiger partial charge in [-0.3, -0.25) is 9.59 Å². The summed E-state index contributed by atoms with van der Waals surface area (Å²) >= 11 is 2.69. The van der Waals surface area contributed by atoms with Gasteiger partial charge in [-0.05, 0) is 22.9 Å². The Morgan fingerprint density at radius 2 is 1.48 bits per heavy atom. The molecule has 0 unspecified atom stereocenters. The van der Waals surface area contributed by atoms with Crippen LogP contribution in [-0.4, -0.2) is 29.9 Å². The Hall–Kier alpha value is -2.25. The van der Waals surface area contributed by atoms with E-state index in [1.165, 1.54) is 22.7 Å². The molecule has 3 heterocycles. The first-order chi connectivity index (χ1) is 10.1. The number of amides is 3. The molecule has 2 aromatic rings. The summed E-state index contributed by atoms with van der Waals surface area (Å²) in [5.74, 6) is -1.28. The molecule has 0 radical (unpaired) electrons. The van der Waals surface area contributed by atoms with Crippen molar-refractivity contribution in [1.29, 1.82) is 0 Å². The second-order valence-electron chi connectivity index (χ2n) is 4.12. The minimum atomic E-state index is -0.967. The highest BCUT2D eigenvalue weighted by Gasteiger charge is 2.44. The molecule has 0 aromatic carbocycles. The highest BCUT2D eigenvalue weighted by Crippen LogP contribution is 2.39. The maximum absolute atomic E-state index is 12.5. The average molecular weight is 319 g/mol. The number of carbonyl (C=O) groups excluding carboxylic acids is 3. The Labute approximate surface area is 128 Å².